The van der Waals surface area contributed by atoms with Gasteiger partial charge in [-0.1, -0.05) is 12.1 Å². The van der Waals surface area contributed by atoms with E-state index >= 15 is 0 Å². The first kappa shape index (κ1) is 22.2. The molecule has 0 unspecified atom stereocenters. The molecule has 3 heterocycles. The number of ketones is 1. The SMILES string of the molecule is COC(=O)C1=C(C)NC2=C(C(=O)[C@@H](C(=O)OC)[C@H](c3cccs3)C2)[C@@H]1c1ccc2c(c1)OCO2. The van der Waals surface area contributed by atoms with Crippen molar-refractivity contribution >= 4 is 29.1 Å². The van der Waals surface area contributed by atoms with Crippen molar-refractivity contribution in [3.8, 4) is 11.5 Å². The van der Waals surface area contributed by atoms with E-state index in [9.17, 15) is 14.4 Å². The molecule has 0 saturated heterocycles. The summed E-state index contributed by atoms with van der Waals surface area (Å²) in [6, 6.07) is 9.14. The largest absolute Gasteiger partial charge is 0.468 e. The number of esters is 2. The summed E-state index contributed by atoms with van der Waals surface area (Å²) in [6.07, 6.45) is 0.425. The third kappa shape index (κ3) is 3.47. The molecule has 8 nitrogen and oxygen atoms in total. The Balaban J connectivity index is 1.68. The smallest absolute Gasteiger partial charge is 0.336 e. The third-order valence-electron chi connectivity index (χ3n) is 6.52. The Morgan fingerprint density at radius 3 is 2.62 bits per heavy atom. The number of Topliss-reactive ketones (excluding diaryl/α,β-unsaturated/α-hetero) is 1. The summed E-state index contributed by atoms with van der Waals surface area (Å²) in [5.41, 5.74) is 2.64. The van der Waals surface area contributed by atoms with E-state index < -0.39 is 23.8 Å². The molecule has 9 heteroatoms. The van der Waals surface area contributed by atoms with Gasteiger partial charge in [-0.2, -0.15) is 0 Å². The average Bonchev–Trinajstić information content (AvgIpc) is 3.54. The topological polar surface area (TPSA) is 100 Å². The summed E-state index contributed by atoms with van der Waals surface area (Å²) < 4.78 is 21.1. The number of carbonyl (C=O) groups excluding carboxylic acids is 3. The lowest BCUT2D eigenvalue weighted by molar-refractivity contribution is -0.149. The third-order valence-corrected chi connectivity index (χ3v) is 7.52. The predicted octanol–water partition coefficient (Wildman–Crippen LogP) is 3.41. The molecule has 3 atom stereocenters. The number of fused-ring (bicyclic) bond motifs is 1. The van der Waals surface area contributed by atoms with Gasteiger partial charge in [0.15, 0.2) is 17.3 Å². The van der Waals surface area contributed by atoms with E-state index in [1.165, 1.54) is 25.6 Å². The molecule has 2 aromatic rings. The second kappa shape index (κ2) is 8.64. The number of allylic oxidation sites excluding steroid dienone is 3. The molecule has 0 radical (unpaired) electrons. The van der Waals surface area contributed by atoms with Crippen molar-refractivity contribution in [1.29, 1.82) is 0 Å². The number of methoxy groups -OCH3 is 2. The van der Waals surface area contributed by atoms with Crippen molar-refractivity contribution in [2.24, 2.45) is 5.92 Å². The van der Waals surface area contributed by atoms with Gasteiger partial charge in [0.05, 0.1) is 19.8 Å². The molecule has 1 aromatic heterocycles. The van der Waals surface area contributed by atoms with Gasteiger partial charge >= 0.3 is 11.9 Å². The Labute approximate surface area is 200 Å². The maximum atomic E-state index is 14.0. The number of thiophene rings is 1. The maximum Gasteiger partial charge on any atom is 0.336 e. The van der Waals surface area contributed by atoms with E-state index in [0.29, 0.717) is 46.0 Å². The van der Waals surface area contributed by atoms with E-state index in [2.05, 4.69) is 5.32 Å². The highest BCUT2D eigenvalue weighted by atomic mass is 32.1. The average molecular weight is 482 g/mol. The van der Waals surface area contributed by atoms with Crippen LogP contribution in [0.25, 0.3) is 0 Å². The number of hydrogen-bond acceptors (Lipinski definition) is 9. The number of carbonyl (C=O) groups is 3. The van der Waals surface area contributed by atoms with Gasteiger partial charge in [0.1, 0.15) is 5.92 Å². The van der Waals surface area contributed by atoms with Crippen molar-refractivity contribution in [3.05, 3.63) is 68.7 Å². The van der Waals surface area contributed by atoms with Crippen LogP contribution in [-0.4, -0.2) is 38.7 Å². The van der Waals surface area contributed by atoms with Crippen molar-refractivity contribution < 1.29 is 33.3 Å². The standard InChI is InChI=1S/C25H23NO7S/c1-12-19(24(28)30-2)20(13-6-7-16-17(9-13)33-11-32-16)22-15(26-12)10-14(18-5-4-8-34-18)21(23(22)27)25(29)31-3/h4-9,14,20-21,26H,10-11H2,1-3H3/t14-,20+,21-/m0/s1. The molecule has 1 aliphatic carbocycles. The quantitative estimate of drug-likeness (QED) is 0.524. The van der Waals surface area contributed by atoms with Gasteiger partial charge in [0, 0.05) is 33.7 Å². The second-order valence-corrected chi connectivity index (χ2v) is 9.26. The highest BCUT2D eigenvalue weighted by Crippen LogP contribution is 2.49. The van der Waals surface area contributed by atoms with Crippen LogP contribution in [0, 0.1) is 5.92 Å². The van der Waals surface area contributed by atoms with E-state index in [1.807, 2.05) is 17.5 Å². The molecular weight excluding hydrogens is 458 g/mol. The predicted molar refractivity (Wildman–Crippen MR) is 122 cm³/mol. The summed E-state index contributed by atoms with van der Waals surface area (Å²) in [5.74, 6) is -2.50. The first-order valence-electron chi connectivity index (χ1n) is 10.8. The minimum atomic E-state index is -1.02. The van der Waals surface area contributed by atoms with Crippen molar-refractivity contribution in [1.82, 2.24) is 5.32 Å². The first-order valence-corrected chi connectivity index (χ1v) is 11.7. The van der Waals surface area contributed by atoms with E-state index in [-0.39, 0.29) is 18.5 Å². The van der Waals surface area contributed by atoms with Crippen LogP contribution in [0.4, 0.5) is 0 Å². The van der Waals surface area contributed by atoms with Gasteiger partial charge in [0.2, 0.25) is 6.79 Å². The number of rotatable bonds is 4. The number of nitrogens with one attached hydrogen (secondary N) is 1. The summed E-state index contributed by atoms with van der Waals surface area (Å²) in [6.45, 7) is 1.89. The lowest BCUT2D eigenvalue weighted by Crippen LogP contribution is -2.43. The zero-order chi connectivity index (χ0) is 24.0. The van der Waals surface area contributed by atoms with Crippen LogP contribution in [0.1, 0.15) is 35.6 Å². The highest BCUT2D eigenvalue weighted by molar-refractivity contribution is 7.10. The molecule has 176 valence electrons. The maximum absolute atomic E-state index is 14.0. The zero-order valence-corrected chi connectivity index (χ0v) is 19.7. The molecule has 34 heavy (non-hydrogen) atoms. The molecule has 0 bridgehead atoms. The molecule has 0 spiro atoms. The van der Waals surface area contributed by atoms with Gasteiger partial charge in [0.25, 0.3) is 0 Å². The van der Waals surface area contributed by atoms with Crippen LogP contribution < -0.4 is 14.8 Å². The summed E-state index contributed by atoms with van der Waals surface area (Å²) in [5, 5.41) is 5.19. The minimum Gasteiger partial charge on any atom is -0.468 e. The molecule has 0 saturated carbocycles. The molecule has 2 aliphatic heterocycles. The molecule has 5 rings (SSSR count). The van der Waals surface area contributed by atoms with Crippen LogP contribution in [-0.2, 0) is 23.9 Å². The van der Waals surface area contributed by atoms with Crippen molar-refractivity contribution in [3.63, 3.8) is 0 Å². The molecule has 3 aliphatic rings. The number of dihydropyridines is 1. The summed E-state index contributed by atoms with van der Waals surface area (Å²) in [4.78, 5) is 40.7. The fourth-order valence-electron chi connectivity index (χ4n) is 5.01. The summed E-state index contributed by atoms with van der Waals surface area (Å²) in [7, 11) is 2.58. The zero-order valence-electron chi connectivity index (χ0n) is 18.9. The van der Waals surface area contributed by atoms with Crippen LogP contribution in [0.15, 0.2) is 58.3 Å². The lowest BCUT2D eigenvalue weighted by atomic mass is 9.68. The molecule has 1 aromatic carbocycles. The number of ether oxygens (including phenoxy) is 4. The van der Waals surface area contributed by atoms with Crippen LogP contribution in [0.2, 0.25) is 0 Å². The first-order chi connectivity index (χ1) is 16.4. The van der Waals surface area contributed by atoms with Crippen LogP contribution >= 0.6 is 11.3 Å². The fourth-order valence-corrected chi connectivity index (χ4v) is 5.87. The second-order valence-electron chi connectivity index (χ2n) is 8.28. The lowest BCUT2D eigenvalue weighted by Gasteiger charge is -2.39. The van der Waals surface area contributed by atoms with Crippen LogP contribution in [0.5, 0.6) is 11.5 Å². The normalized spacial score (nSPS) is 23.4. The van der Waals surface area contributed by atoms with E-state index in [1.54, 1.807) is 25.1 Å². The monoisotopic (exact) mass is 481 g/mol. The Morgan fingerprint density at radius 2 is 1.91 bits per heavy atom. The Kier molecular flexibility index (Phi) is 5.65. The number of benzene rings is 1. The van der Waals surface area contributed by atoms with Crippen LogP contribution in [0.3, 0.4) is 0 Å². The molecule has 0 fully saturated rings. The van der Waals surface area contributed by atoms with E-state index in [4.69, 9.17) is 18.9 Å². The molecular formula is C25H23NO7S. The fraction of sp³-hybridized carbons (Fsp3) is 0.320. The Hall–Kier alpha value is -3.59. The molecule has 1 N–H and O–H groups in total. The van der Waals surface area contributed by atoms with Crippen molar-refractivity contribution in [2.75, 3.05) is 21.0 Å². The van der Waals surface area contributed by atoms with Gasteiger partial charge in [-0.15, -0.1) is 11.3 Å². The molecule has 0 amide bonds. The Morgan fingerprint density at radius 1 is 1.12 bits per heavy atom. The van der Waals surface area contributed by atoms with Gasteiger partial charge in [-0.05, 0) is 42.5 Å². The van der Waals surface area contributed by atoms with Gasteiger partial charge in [-0.25, -0.2) is 4.79 Å². The van der Waals surface area contributed by atoms with E-state index in [0.717, 1.165) is 4.88 Å². The Bertz CT molecular complexity index is 1240. The number of hydrogen-bond donors (Lipinski definition) is 1. The van der Waals surface area contributed by atoms with Gasteiger partial charge < -0.3 is 24.3 Å². The van der Waals surface area contributed by atoms with Gasteiger partial charge in [-0.3, -0.25) is 9.59 Å². The summed E-state index contributed by atoms with van der Waals surface area (Å²) >= 11 is 1.50. The van der Waals surface area contributed by atoms with Crippen molar-refractivity contribution in [2.45, 2.75) is 25.2 Å². The minimum absolute atomic E-state index is 0.101. The highest BCUT2D eigenvalue weighted by Gasteiger charge is 2.49.